The number of aliphatic carboxylic acids is 1. The molecule has 0 bridgehead atoms. The van der Waals surface area contributed by atoms with E-state index in [2.05, 4.69) is 208 Å². The number of carbonyl (C=O) groups excluding carboxylic acids is 3. The minimum atomic E-state index is -1.64. The van der Waals surface area contributed by atoms with Crippen LogP contribution in [0.15, 0.2) is 194 Å². The topological polar surface area (TPSA) is 111 Å². The number of allylic oxidation sites excluding steroid dienone is 32. The maximum atomic E-state index is 12.9. The van der Waals surface area contributed by atoms with Crippen LogP contribution < -0.4 is 5.11 Å². The van der Waals surface area contributed by atoms with Gasteiger partial charge in [0.15, 0.2) is 12.4 Å². The zero-order valence-corrected chi connectivity index (χ0v) is 55.3. The summed E-state index contributed by atoms with van der Waals surface area (Å²) in [7, 11) is 5.90. The molecule has 87 heavy (non-hydrogen) atoms. The summed E-state index contributed by atoms with van der Waals surface area (Å²) in [4.78, 5) is 37.4. The van der Waals surface area contributed by atoms with Gasteiger partial charge in [0, 0.05) is 12.8 Å². The van der Waals surface area contributed by atoms with E-state index < -0.39 is 24.3 Å². The van der Waals surface area contributed by atoms with E-state index in [0.29, 0.717) is 17.4 Å². The maximum Gasteiger partial charge on any atom is 0.306 e. The molecule has 0 spiro atoms. The van der Waals surface area contributed by atoms with Gasteiger partial charge in [-0.15, -0.1) is 0 Å². The molecule has 0 aromatic rings. The van der Waals surface area contributed by atoms with Crippen LogP contribution in [0.4, 0.5) is 0 Å². The van der Waals surface area contributed by atoms with Crippen molar-refractivity contribution in [1.29, 1.82) is 0 Å². The lowest BCUT2D eigenvalue weighted by Crippen LogP contribution is -2.44. The van der Waals surface area contributed by atoms with Crippen molar-refractivity contribution in [3.8, 4) is 0 Å². The first-order valence-corrected chi connectivity index (χ1v) is 33.6. The lowest BCUT2D eigenvalue weighted by molar-refractivity contribution is -0.870. The summed E-state index contributed by atoms with van der Waals surface area (Å²) in [5, 5.41) is 11.8. The number of carbonyl (C=O) groups is 3. The molecule has 0 saturated heterocycles. The summed E-state index contributed by atoms with van der Waals surface area (Å²) in [6.07, 6.45) is 99.3. The Balaban J connectivity index is 4.27. The molecule has 0 aromatic heterocycles. The number of carboxylic acid groups (broad SMARTS) is 1. The fraction of sp³-hybridized carbons (Fsp3) is 0.551. The van der Waals surface area contributed by atoms with Gasteiger partial charge in [-0.05, 0) is 141 Å². The first kappa shape index (κ1) is 81.1. The Morgan fingerprint density at radius 3 is 0.920 bits per heavy atom. The van der Waals surface area contributed by atoms with Crippen molar-refractivity contribution in [2.24, 2.45) is 0 Å². The Hall–Kier alpha value is -5.87. The van der Waals surface area contributed by atoms with Crippen LogP contribution in [0.25, 0.3) is 0 Å². The van der Waals surface area contributed by atoms with Crippen LogP contribution in [0, 0.1) is 0 Å². The molecule has 0 rings (SSSR count). The van der Waals surface area contributed by atoms with Crippen LogP contribution in [-0.4, -0.2) is 82.3 Å². The van der Waals surface area contributed by atoms with Crippen LogP contribution in [0.5, 0.6) is 0 Å². The molecule has 0 radical (unpaired) electrons. The average molecular weight is 1200 g/mol. The second-order valence-corrected chi connectivity index (χ2v) is 22.6. The molecule has 0 aliphatic carbocycles. The SMILES string of the molecule is CC/C=C\C/C=C\C/C=C\C/C=C\C/C=C\C/C=C\C/C=C\C/C=C\C/C=C\C/C=C\C/C=C\C/C=C\CCCCCCC(=O)OC(COC(=O)CCCCCCCCCC/C=C\C/C=C\C/C=C\C/C=C\CC)COC(OCC[N+](C)(C)C)C(=O)[O-]. The number of carboxylic acids is 1. The highest BCUT2D eigenvalue weighted by Gasteiger charge is 2.22. The van der Waals surface area contributed by atoms with Gasteiger partial charge in [0.05, 0.1) is 40.3 Å². The van der Waals surface area contributed by atoms with E-state index in [1.54, 1.807) is 0 Å². The molecule has 0 amide bonds. The van der Waals surface area contributed by atoms with E-state index >= 15 is 0 Å². The monoisotopic (exact) mass is 1200 g/mol. The third kappa shape index (κ3) is 67.5. The molecular formula is C78H121NO8. The number of hydrogen-bond donors (Lipinski definition) is 0. The third-order valence-electron chi connectivity index (χ3n) is 13.3. The van der Waals surface area contributed by atoms with Gasteiger partial charge in [-0.2, -0.15) is 0 Å². The molecule has 486 valence electrons. The van der Waals surface area contributed by atoms with Crippen molar-refractivity contribution in [2.75, 3.05) is 47.5 Å². The van der Waals surface area contributed by atoms with Crippen molar-refractivity contribution in [1.82, 2.24) is 0 Å². The van der Waals surface area contributed by atoms with Gasteiger partial charge < -0.3 is 33.3 Å². The molecule has 0 heterocycles. The van der Waals surface area contributed by atoms with Crippen LogP contribution in [0.2, 0.25) is 0 Å². The minimum absolute atomic E-state index is 0.130. The highest BCUT2D eigenvalue weighted by molar-refractivity contribution is 5.70. The number of rotatable bonds is 59. The summed E-state index contributed by atoms with van der Waals surface area (Å²) < 4.78 is 22.7. The van der Waals surface area contributed by atoms with E-state index in [-0.39, 0.29) is 38.6 Å². The highest BCUT2D eigenvalue weighted by atomic mass is 16.7. The molecule has 0 aromatic carbocycles. The number of quaternary nitrogens is 1. The zero-order chi connectivity index (χ0) is 63.3. The van der Waals surface area contributed by atoms with Gasteiger partial charge in [0.25, 0.3) is 0 Å². The fourth-order valence-corrected chi connectivity index (χ4v) is 8.27. The van der Waals surface area contributed by atoms with Crippen molar-refractivity contribution >= 4 is 17.9 Å². The van der Waals surface area contributed by atoms with E-state index in [9.17, 15) is 19.5 Å². The van der Waals surface area contributed by atoms with Gasteiger partial charge in [0.1, 0.15) is 13.2 Å². The summed E-state index contributed by atoms with van der Waals surface area (Å²) in [5.74, 6) is -2.35. The van der Waals surface area contributed by atoms with Crippen molar-refractivity contribution in [3.05, 3.63) is 194 Å². The van der Waals surface area contributed by atoms with E-state index in [1.807, 2.05) is 21.1 Å². The molecule has 9 nitrogen and oxygen atoms in total. The molecule has 9 heteroatoms. The first-order chi connectivity index (χ1) is 42.6. The van der Waals surface area contributed by atoms with E-state index in [4.69, 9.17) is 18.9 Å². The van der Waals surface area contributed by atoms with Gasteiger partial charge in [-0.3, -0.25) is 9.59 Å². The summed E-state index contributed by atoms with van der Waals surface area (Å²) >= 11 is 0. The van der Waals surface area contributed by atoms with Gasteiger partial charge in [-0.25, -0.2) is 0 Å². The number of likely N-dealkylation sites (N-methyl/N-ethyl adjacent to an activating group) is 1. The Kier molecular flexibility index (Phi) is 61.6. The number of ether oxygens (including phenoxy) is 4. The van der Waals surface area contributed by atoms with Gasteiger partial charge in [0.2, 0.25) is 0 Å². The first-order valence-electron chi connectivity index (χ1n) is 33.6. The van der Waals surface area contributed by atoms with Crippen LogP contribution >= 0.6 is 0 Å². The smallest absolute Gasteiger partial charge is 0.306 e. The second kappa shape index (κ2) is 66.1. The van der Waals surface area contributed by atoms with Crippen LogP contribution in [0.3, 0.4) is 0 Å². The lowest BCUT2D eigenvalue weighted by atomic mass is 10.1. The Morgan fingerprint density at radius 2 is 0.621 bits per heavy atom. The largest absolute Gasteiger partial charge is 0.545 e. The van der Waals surface area contributed by atoms with E-state index in [1.165, 1.54) is 25.7 Å². The average Bonchev–Trinajstić information content (AvgIpc) is 3.59. The highest BCUT2D eigenvalue weighted by Crippen LogP contribution is 2.14. The number of esters is 2. The normalized spacial score (nSPS) is 14.0. The maximum absolute atomic E-state index is 12.9. The van der Waals surface area contributed by atoms with Crippen molar-refractivity contribution in [2.45, 2.75) is 232 Å². The second-order valence-electron chi connectivity index (χ2n) is 22.6. The molecule has 0 aliphatic rings. The fourth-order valence-electron chi connectivity index (χ4n) is 8.27. The zero-order valence-electron chi connectivity index (χ0n) is 55.3. The minimum Gasteiger partial charge on any atom is -0.545 e. The van der Waals surface area contributed by atoms with Crippen molar-refractivity contribution in [3.63, 3.8) is 0 Å². The molecule has 2 atom stereocenters. The summed E-state index contributed by atoms with van der Waals surface area (Å²) in [6.45, 7) is 4.45. The molecule has 0 saturated carbocycles. The van der Waals surface area contributed by atoms with Gasteiger partial charge in [-0.1, -0.05) is 260 Å². The number of hydrogen-bond acceptors (Lipinski definition) is 8. The molecule has 0 aliphatic heterocycles. The predicted octanol–water partition coefficient (Wildman–Crippen LogP) is 19.7. The molecule has 2 unspecified atom stereocenters. The van der Waals surface area contributed by atoms with E-state index in [0.717, 1.165) is 161 Å². The van der Waals surface area contributed by atoms with Crippen molar-refractivity contribution < 1.29 is 42.9 Å². The lowest BCUT2D eigenvalue weighted by Gasteiger charge is -2.26. The Morgan fingerprint density at radius 1 is 0.345 bits per heavy atom. The molecule has 0 N–H and O–H groups in total. The Labute approximate surface area is 532 Å². The quantitative estimate of drug-likeness (QED) is 0.0195. The number of unbranched alkanes of at least 4 members (excludes halogenated alkanes) is 12. The predicted molar refractivity (Wildman–Crippen MR) is 370 cm³/mol. The molecule has 0 fully saturated rings. The van der Waals surface area contributed by atoms with Gasteiger partial charge >= 0.3 is 11.9 Å². The third-order valence-corrected chi connectivity index (χ3v) is 13.3. The number of nitrogens with zero attached hydrogens (tertiary/aromatic N) is 1. The molecular weight excluding hydrogens is 1080 g/mol. The Bertz CT molecular complexity index is 2130. The summed E-state index contributed by atoms with van der Waals surface area (Å²) in [6, 6.07) is 0. The van der Waals surface area contributed by atoms with Crippen LogP contribution in [0.1, 0.15) is 219 Å². The standard InChI is InChI=1S/C78H121NO8/c1-6-8-10-12-14-16-18-20-22-24-26-28-29-30-31-32-33-34-35-36-37-38-39-40-41-42-43-44-45-46-47-49-51-53-55-57-59-61-63-65-67-69-76(81)87-74(73-86-78(77(82)83)84-71-70-79(3,4)5)72-85-75(80)68-66-64-62-60-58-56-54-52-50-48-27-25-23-21-19-17-15-13-11-9-7-2/h8-11,14-17,20-23,26-28,30-31,33-34,36-37,39-40,42-43,45-46,48-49,51,55,57,74,78H,6-7,12-13,18-19,24-25,29,32,35,38,41,44,47,50,52-54,56,58-73H2,1-5H3/b10-8-,11-9-,16-14-,17-15-,22-20-,23-21-,28-26-,31-30-,34-33-,37-36-,40-39-,43-42-,46-45-,48-27-,51-49-,57-55-. The van der Waals surface area contributed by atoms with Crippen LogP contribution in [-0.2, 0) is 33.3 Å². The summed E-state index contributed by atoms with van der Waals surface area (Å²) in [5.41, 5.74) is 0.